The van der Waals surface area contributed by atoms with Crippen molar-refractivity contribution in [3.05, 3.63) is 34.2 Å². The fraction of sp³-hybridized carbons (Fsp3) is 0.273. The largest absolute Gasteiger partial charge is 0.507 e. The molecule has 0 aliphatic heterocycles. The first-order chi connectivity index (χ1) is 9.04. The molecule has 0 aliphatic carbocycles. The van der Waals surface area contributed by atoms with Gasteiger partial charge in [-0.3, -0.25) is 9.59 Å². The van der Waals surface area contributed by atoms with Gasteiger partial charge in [0.05, 0.1) is 5.56 Å². The van der Waals surface area contributed by atoms with Crippen LogP contribution in [0.4, 0.5) is 5.69 Å². The van der Waals surface area contributed by atoms with E-state index in [9.17, 15) is 14.7 Å². The van der Waals surface area contributed by atoms with Crippen molar-refractivity contribution < 1.29 is 14.7 Å². The van der Waals surface area contributed by atoms with Gasteiger partial charge in [0.15, 0.2) is 0 Å². The van der Waals surface area contributed by atoms with Gasteiger partial charge in [-0.25, -0.2) is 0 Å². The third kappa shape index (κ3) is 4.57. The molecule has 0 spiro atoms. The van der Waals surface area contributed by atoms with E-state index >= 15 is 0 Å². The quantitative estimate of drug-likeness (QED) is 0.308. The summed E-state index contributed by atoms with van der Waals surface area (Å²) in [5.41, 5.74) is 13.5. The standard InChI is InChI=1S/C11H13N5O3/c12-10(18)2-1-5-14-11(19)8-4-3-7(15-16-13)6-9(8)17/h3-4,6,17H,1-2,5H2,(H2,12,18)(H,14,19). The van der Waals surface area contributed by atoms with Crippen molar-refractivity contribution in [1.29, 1.82) is 0 Å². The zero-order valence-corrected chi connectivity index (χ0v) is 10.0. The summed E-state index contributed by atoms with van der Waals surface area (Å²) in [6.45, 7) is 0.277. The number of carbonyl (C=O) groups is 2. The molecule has 19 heavy (non-hydrogen) atoms. The van der Waals surface area contributed by atoms with Gasteiger partial charge in [0.2, 0.25) is 5.91 Å². The highest BCUT2D eigenvalue weighted by Crippen LogP contribution is 2.23. The van der Waals surface area contributed by atoms with Crippen LogP contribution in [-0.2, 0) is 4.79 Å². The molecule has 0 heterocycles. The van der Waals surface area contributed by atoms with E-state index in [2.05, 4.69) is 15.3 Å². The number of hydrogen-bond donors (Lipinski definition) is 3. The normalized spacial score (nSPS) is 9.47. The molecule has 0 unspecified atom stereocenters. The van der Waals surface area contributed by atoms with Crippen LogP contribution < -0.4 is 11.1 Å². The lowest BCUT2D eigenvalue weighted by Crippen LogP contribution is -2.25. The number of hydrogen-bond acceptors (Lipinski definition) is 4. The molecule has 0 saturated carbocycles. The summed E-state index contributed by atoms with van der Waals surface area (Å²) >= 11 is 0. The summed E-state index contributed by atoms with van der Waals surface area (Å²) in [6, 6.07) is 3.96. The Balaban J connectivity index is 2.62. The minimum absolute atomic E-state index is 0.0657. The van der Waals surface area contributed by atoms with Crippen LogP contribution in [0.5, 0.6) is 5.75 Å². The van der Waals surface area contributed by atoms with Crippen LogP contribution in [0, 0.1) is 0 Å². The van der Waals surface area contributed by atoms with Crippen molar-refractivity contribution in [3.8, 4) is 5.75 Å². The monoisotopic (exact) mass is 263 g/mol. The van der Waals surface area contributed by atoms with E-state index in [1.807, 2.05) is 0 Å². The van der Waals surface area contributed by atoms with E-state index in [-0.39, 0.29) is 30.0 Å². The number of primary amides is 1. The number of azide groups is 1. The average molecular weight is 263 g/mol. The predicted octanol–water partition coefficient (Wildman–Crippen LogP) is 1.33. The maximum absolute atomic E-state index is 11.7. The number of aromatic hydroxyl groups is 1. The van der Waals surface area contributed by atoms with Crippen LogP contribution in [0.1, 0.15) is 23.2 Å². The Morgan fingerprint density at radius 2 is 2.21 bits per heavy atom. The lowest BCUT2D eigenvalue weighted by atomic mass is 10.1. The van der Waals surface area contributed by atoms with E-state index in [1.54, 1.807) is 0 Å². The highest BCUT2D eigenvalue weighted by Gasteiger charge is 2.10. The van der Waals surface area contributed by atoms with Crippen molar-refractivity contribution >= 4 is 17.5 Å². The van der Waals surface area contributed by atoms with Crippen LogP contribution in [0.25, 0.3) is 10.4 Å². The highest BCUT2D eigenvalue weighted by atomic mass is 16.3. The molecule has 0 atom stereocenters. The predicted molar refractivity (Wildman–Crippen MR) is 67.7 cm³/mol. The smallest absolute Gasteiger partial charge is 0.255 e. The van der Waals surface area contributed by atoms with Gasteiger partial charge in [-0.15, -0.1) is 0 Å². The molecular formula is C11H13N5O3. The van der Waals surface area contributed by atoms with Crippen LogP contribution in [-0.4, -0.2) is 23.5 Å². The first-order valence-corrected chi connectivity index (χ1v) is 5.49. The van der Waals surface area contributed by atoms with Gasteiger partial charge in [0, 0.05) is 23.6 Å². The molecule has 8 nitrogen and oxygen atoms in total. The Labute approximate surface area is 108 Å². The van der Waals surface area contributed by atoms with Crippen LogP contribution in [0.15, 0.2) is 23.3 Å². The summed E-state index contributed by atoms with van der Waals surface area (Å²) in [5, 5.41) is 15.5. The van der Waals surface area contributed by atoms with E-state index < -0.39 is 11.8 Å². The molecule has 1 rings (SSSR count). The number of nitrogens with zero attached hydrogens (tertiary/aromatic N) is 3. The molecule has 0 radical (unpaired) electrons. The lowest BCUT2D eigenvalue weighted by molar-refractivity contribution is -0.118. The molecule has 100 valence electrons. The van der Waals surface area contributed by atoms with E-state index in [1.165, 1.54) is 18.2 Å². The molecule has 0 aliphatic rings. The Bertz CT molecular complexity index is 537. The van der Waals surface area contributed by atoms with Crippen molar-refractivity contribution in [1.82, 2.24) is 5.32 Å². The van der Waals surface area contributed by atoms with Crippen molar-refractivity contribution in [2.75, 3.05) is 6.54 Å². The third-order valence-corrected chi connectivity index (χ3v) is 2.27. The zero-order valence-electron chi connectivity index (χ0n) is 10.0. The second kappa shape index (κ2) is 6.87. The van der Waals surface area contributed by atoms with E-state index in [4.69, 9.17) is 11.3 Å². The topological polar surface area (TPSA) is 141 Å². The number of rotatable bonds is 6. The third-order valence-electron chi connectivity index (χ3n) is 2.27. The lowest BCUT2D eigenvalue weighted by Gasteiger charge is -2.06. The Morgan fingerprint density at radius 3 is 2.79 bits per heavy atom. The van der Waals surface area contributed by atoms with Gasteiger partial charge in [-0.05, 0) is 24.1 Å². The van der Waals surface area contributed by atoms with Crippen LogP contribution in [0.3, 0.4) is 0 Å². The summed E-state index contributed by atoms with van der Waals surface area (Å²) in [5.74, 6) is -1.19. The molecular weight excluding hydrogens is 250 g/mol. The van der Waals surface area contributed by atoms with Gasteiger partial charge >= 0.3 is 0 Å². The van der Waals surface area contributed by atoms with Gasteiger partial charge in [-0.2, -0.15) is 0 Å². The Hall–Kier alpha value is -2.73. The second-order valence-electron chi connectivity index (χ2n) is 3.72. The number of phenolic OH excluding ortho intramolecular Hbond substituents is 1. The maximum atomic E-state index is 11.7. The van der Waals surface area contributed by atoms with Gasteiger partial charge < -0.3 is 16.2 Å². The SMILES string of the molecule is [N-]=[N+]=Nc1ccc(C(=O)NCCCC(N)=O)c(O)c1. The fourth-order valence-corrected chi connectivity index (χ4v) is 1.39. The molecule has 4 N–H and O–H groups in total. The van der Waals surface area contributed by atoms with Crippen LogP contribution in [0.2, 0.25) is 0 Å². The minimum Gasteiger partial charge on any atom is -0.507 e. The molecule has 0 saturated heterocycles. The average Bonchev–Trinajstić information content (AvgIpc) is 2.34. The fourth-order valence-electron chi connectivity index (χ4n) is 1.39. The van der Waals surface area contributed by atoms with Gasteiger partial charge in [0.25, 0.3) is 5.91 Å². The Kier molecular flexibility index (Phi) is 5.18. The minimum atomic E-state index is -0.477. The molecule has 2 amide bonds. The summed E-state index contributed by atoms with van der Waals surface area (Å²) in [7, 11) is 0. The summed E-state index contributed by atoms with van der Waals surface area (Å²) in [4.78, 5) is 24.8. The number of benzene rings is 1. The van der Waals surface area contributed by atoms with Crippen molar-refractivity contribution in [3.63, 3.8) is 0 Å². The zero-order chi connectivity index (χ0) is 14.3. The number of nitrogens with one attached hydrogen (secondary N) is 1. The molecule has 0 bridgehead atoms. The van der Waals surface area contributed by atoms with E-state index in [0.29, 0.717) is 6.42 Å². The summed E-state index contributed by atoms with van der Waals surface area (Å²) < 4.78 is 0. The number of nitrogens with two attached hydrogens (primary N) is 1. The highest BCUT2D eigenvalue weighted by molar-refractivity contribution is 5.97. The first-order valence-electron chi connectivity index (χ1n) is 5.49. The molecule has 0 aromatic heterocycles. The first kappa shape index (κ1) is 14.3. The van der Waals surface area contributed by atoms with Crippen molar-refractivity contribution in [2.24, 2.45) is 10.8 Å². The molecule has 8 heteroatoms. The summed E-state index contributed by atoms with van der Waals surface area (Å²) in [6.07, 6.45) is 0.612. The van der Waals surface area contributed by atoms with Gasteiger partial charge in [-0.1, -0.05) is 11.2 Å². The number of carbonyl (C=O) groups excluding carboxylic acids is 2. The molecule has 1 aromatic rings. The number of amides is 2. The maximum Gasteiger partial charge on any atom is 0.255 e. The Morgan fingerprint density at radius 1 is 1.47 bits per heavy atom. The van der Waals surface area contributed by atoms with E-state index in [0.717, 1.165) is 0 Å². The van der Waals surface area contributed by atoms with Crippen molar-refractivity contribution in [2.45, 2.75) is 12.8 Å². The molecule has 1 aromatic carbocycles. The molecule has 0 fully saturated rings. The second-order valence-corrected chi connectivity index (χ2v) is 3.72. The number of phenols is 1. The van der Waals surface area contributed by atoms with Crippen LogP contribution >= 0.6 is 0 Å². The van der Waals surface area contributed by atoms with Gasteiger partial charge in [0.1, 0.15) is 5.75 Å².